The van der Waals surface area contributed by atoms with Crippen LogP contribution >= 0.6 is 11.6 Å². The zero-order valence-electron chi connectivity index (χ0n) is 20.7. The Morgan fingerprint density at radius 1 is 1.19 bits per heavy atom. The van der Waals surface area contributed by atoms with Gasteiger partial charge in [0.25, 0.3) is 0 Å². The Kier molecular flexibility index (Phi) is 7.90. The maximum absolute atomic E-state index is 13.6. The van der Waals surface area contributed by atoms with E-state index in [1.54, 1.807) is 13.2 Å². The number of nitrogens with zero attached hydrogens (tertiary/aromatic N) is 3. The minimum Gasteiger partial charge on any atom is -0.493 e. The number of aromatic nitrogens is 2. The first kappa shape index (κ1) is 25.5. The highest BCUT2D eigenvalue weighted by Crippen LogP contribution is 2.35. The normalized spacial score (nSPS) is 18.7. The fraction of sp³-hybridized carbons (Fsp3) is 0.444. The molecule has 0 amide bonds. The number of nitrogens with one attached hydrogen (secondary N) is 1. The highest BCUT2D eigenvalue weighted by Gasteiger charge is 2.31. The van der Waals surface area contributed by atoms with Gasteiger partial charge >= 0.3 is 5.97 Å². The number of likely N-dealkylation sites (tertiary alicyclic amines) is 1. The van der Waals surface area contributed by atoms with Crippen LogP contribution in [-0.2, 0) is 9.53 Å². The third kappa shape index (κ3) is 6.05. The summed E-state index contributed by atoms with van der Waals surface area (Å²) in [4.78, 5) is 22.5. The van der Waals surface area contributed by atoms with Gasteiger partial charge in [0.05, 0.1) is 36.7 Å². The molecule has 1 unspecified atom stereocenters. The lowest BCUT2D eigenvalue weighted by atomic mass is 9.91. The van der Waals surface area contributed by atoms with E-state index in [9.17, 15) is 9.18 Å². The first-order valence-electron chi connectivity index (χ1n) is 12.6. The number of halogens is 2. The van der Waals surface area contributed by atoms with Gasteiger partial charge in [0.2, 0.25) is 0 Å². The highest BCUT2D eigenvalue weighted by molar-refractivity contribution is 6.31. The summed E-state index contributed by atoms with van der Waals surface area (Å²) in [6.45, 7) is 3.13. The molecule has 2 saturated heterocycles. The summed E-state index contributed by atoms with van der Waals surface area (Å²) in [7, 11) is 1.60. The van der Waals surface area contributed by atoms with Crippen molar-refractivity contribution in [2.24, 2.45) is 5.92 Å². The van der Waals surface area contributed by atoms with Crippen LogP contribution in [-0.4, -0.2) is 60.3 Å². The Morgan fingerprint density at radius 3 is 2.76 bits per heavy atom. The van der Waals surface area contributed by atoms with Crippen LogP contribution in [0.15, 0.2) is 36.7 Å². The van der Waals surface area contributed by atoms with Crippen LogP contribution in [0, 0.1) is 11.7 Å². The number of ether oxygens (including phenoxy) is 3. The number of carbonyl (C=O) groups is 1. The number of anilines is 2. The van der Waals surface area contributed by atoms with Crippen molar-refractivity contribution in [1.82, 2.24) is 14.9 Å². The molecule has 0 aliphatic carbocycles. The van der Waals surface area contributed by atoms with Gasteiger partial charge in [-0.1, -0.05) is 11.6 Å². The average Bonchev–Trinajstić information content (AvgIpc) is 3.35. The molecule has 1 N–H and O–H groups in total. The van der Waals surface area contributed by atoms with Gasteiger partial charge in [0.1, 0.15) is 24.6 Å². The van der Waals surface area contributed by atoms with E-state index in [4.69, 9.17) is 25.8 Å². The molecule has 1 atom stereocenters. The van der Waals surface area contributed by atoms with Crippen molar-refractivity contribution in [3.8, 4) is 11.5 Å². The topological polar surface area (TPSA) is 85.8 Å². The van der Waals surface area contributed by atoms with Gasteiger partial charge in [0.15, 0.2) is 11.5 Å². The minimum absolute atomic E-state index is 0.0300. The standard InChI is InChI=1S/C27H30ClFN4O4/c1-35-24-14-23-20(27(31-16-30-23)32-18-4-5-22(29)21(28)11-18)13-25(24)36-10-2-3-17-6-8-33(9-7-17)19-12-26(34)37-15-19/h4-5,11,13-14,16-17,19H,2-3,6-10,12,15H2,1H3,(H,30,31,32). The molecule has 0 radical (unpaired) electrons. The maximum Gasteiger partial charge on any atom is 0.307 e. The van der Waals surface area contributed by atoms with Gasteiger partial charge < -0.3 is 19.5 Å². The second kappa shape index (κ2) is 11.5. The van der Waals surface area contributed by atoms with Crippen LogP contribution in [0.4, 0.5) is 15.9 Å². The molecule has 10 heteroatoms. The second-order valence-corrected chi connectivity index (χ2v) is 9.91. The summed E-state index contributed by atoms with van der Waals surface area (Å²) in [5, 5.41) is 3.97. The molecule has 8 nitrogen and oxygen atoms in total. The zero-order chi connectivity index (χ0) is 25.8. The number of rotatable bonds is 9. The molecule has 2 aliphatic heterocycles. The zero-order valence-corrected chi connectivity index (χ0v) is 21.5. The van der Waals surface area contributed by atoms with E-state index in [1.165, 1.54) is 18.5 Å². The van der Waals surface area contributed by atoms with E-state index in [0.29, 0.717) is 54.1 Å². The number of hydrogen-bond donors (Lipinski definition) is 1. The van der Waals surface area contributed by atoms with Crippen molar-refractivity contribution in [1.29, 1.82) is 0 Å². The number of carbonyl (C=O) groups excluding carboxylic acids is 1. The summed E-state index contributed by atoms with van der Waals surface area (Å²) in [5.41, 5.74) is 1.30. The monoisotopic (exact) mass is 528 g/mol. The van der Waals surface area contributed by atoms with E-state index in [0.717, 1.165) is 44.2 Å². The number of methoxy groups -OCH3 is 1. The van der Waals surface area contributed by atoms with Crippen LogP contribution in [0.5, 0.6) is 11.5 Å². The first-order valence-corrected chi connectivity index (χ1v) is 12.9. The van der Waals surface area contributed by atoms with Gasteiger partial charge in [-0.2, -0.15) is 0 Å². The van der Waals surface area contributed by atoms with Crippen molar-refractivity contribution in [2.75, 3.05) is 38.7 Å². The van der Waals surface area contributed by atoms with E-state index in [-0.39, 0.29) is 17.0 Å². The maximum atomic E-state index is 13.6. The van der Waals surface area contributed by atoms with Crippen molar-refractivity contribution in [2.45, 2.75) is 38.1 Å². The molecular weight excluding hydrogens is 499 g/mol. The van der Waals surface area contributed by atoms with E-state index < -0.39 is 5.82 Å². The molecule has 2 fully saturated rings. The summed E-state index contributed by atoms with van der Waals surface area (Å²) >= 11 is 5.93. The van der Waals surface area contributed by atoms with Crippen LogP contribution in [0.3, 0.4) is 0 Å². The number of fused-ring (bicyclic) bond motifs is 1. The van der Waals surface area contributed by atoms with Crippen molar-refractivity contribution < 1.29 is 23.4 Å². The van der Waals surface area contributed by atoms with Crippen LogP contribution in [0.1, 0.15) is 32.1 Å². The Hall–Kier alpha value is -3.17. The number of cyclic esters (lactones) is 1. The Bertz CT molecular complexity index is 1270. The molecular formula is C27H30ClFN4O4. The predicted molar refractivity (Wildman–Crippen MR) is 139 cm³/mol. The Labute approximate surface area is 220 Å². The van der Waals surface area contributed by atoms with Crippen molar-refractivity contribution >= 4 is 40.0 Å². The van der Waals surface area contributed by atoms with Crippen LogP contribution in [0.25, 0.3) is 10.9 Å². The predicted octanol–water partition coefficient (Wildman–Crippen LogP) is 5.36. The molecule has 37 heavy (non-hydrogen) atoms. The molecule has 2 aliphatic rings. The number of piperidine rings is 1. The molecule has 0 bridgehead atoms. The van der Waals surface area contributed by atoms with Crippen LogP contribution < -0.4 is 14.8 Å². The summed E-state index contributed by atoms with van der Waals surface area (Å²) < 4.78 is 30.4. The number of hydrogen-bond acceptors (Lipinski definition) is 8. The van der Waals surface area contributed by atoms with Crippen molar-refractivity contribution in [3.63, 3.8) is 0 Å². The lowest BCUT2D eigenvalue weighted by Crippen LogP contribution is -2.41. The number of benzene rings is 2. The summed E-state index contributed by atoms with van der Waals surface area (Å²) in [5.74, 6) is 1.87. The largest absolute Gasteiger partial charge is 0.493 e. The van der Waals surface area contributed by atoms with Gasteiger partial charge in [-0.15, -0.1) is 0 Å². The number of esters is 1. The van der Waals surface area contributed by atoms with E-state index in [2.05, 4.69) is 20.2 Å². The third-order valence-corrected chi connectivity index (χ3v) is 7.41. The quantitative estimate of drug-likeness (QED) is 0.293. The highest BCUT2D eigenvalue weighted by atomic mass is 35.5. The SMILES string of the molecule is COc1cc2ncnc(Nc3ccc(F)c(Cl)c3)c2cc1OCCCC1CCN(C2COC(=O)C2)CC1. The summed E-state index contributed by atoms with van der Waals surface area (Å²) in [6.07, 6.45) is 6.25. The fourth-order valence-electron chi connectivity index (χ4n) is 5.04. The van der Waals surface area contributed by atoms with Gasteiger partial charge in [-0.25, -0.2) is 14.4 Å². The summed E-state index contributed by atoms with van der Waals surface area (Å²) in [6, 6.07) is 8.35. The molecule has 196 valence electrons. The van der Waals surface area contributed by atoms with E-state index in [1.807, 2.05) is 12.1 Å². The lowest BCUT2D eigenvalue weighted by Gasteiger charge is -2.34. The molecule has 5 rings (SSSR count). The van der Waals surface area contributed by atoms with Gasteiger partial charge in [0, 0.05) is 17.1 Å². The van der Waals surface area contributed by atoms with Crippen LogP contribution in [0.2, 0.25) is 5.02 Å². The van der Waals surface area contributed by atoms with E-state index >= 15 is 0 Å². The molecule has 3 heterocycles. The molecule has 0 spiro atoms. The Morgan fingerprint density at radius 2 is 2.03 bits per heavy atom. The first-order chi connectivity index (χ1) is 18.0. The molecule has 0 saturated carbocycles. The Balaban J connectivity index is 1.19. The smallest absolute Gasteiger partial charge is 0.307 e. The van der Waals surface area contributed by atoms with Gasteiger partial charge in [-0.3, -0.25) is 9.69 Å². The molecule has 1 aromatic heterocycles. The minimum atomic E-state index is -0.481. The molecule has 3 aromatic rings. The van der Waals surface area contributed by atoms with Crippen molar-refractivity contribution in [3.05, 3.63) is 47.5 Å². The second-order valence-electron chi connectivity index (χ2n) is 9.51. The molecule has 2 aromatic carbocycles. The lowest BCUT2D eigenvalue weighted by molar-refractivity contribution is -0.137. The third-order valence-electron chi connectivity index (χ3n) is 7.12. The van der Waals surface area contributed by atoms with Gasteiger partial charge in [-0.05, 0) is 69.0 Å². The average molecular weight is 529 g/mol. The fourth-order valence-corrected chi connectivity index (χ4v) is 5.22.